The van der Waals surface area contributed by atoms with Crippen molar-refractivity contribution in [3.05, 3.63) is 92.6 Å². The number of carbonyl (C=O) groups is 4. The molecule has 1 atom stereocenters. The van der Waals surface area contributed by atoms with Gasteiger partial charge in [-0.3, -0.25) is 4.79 Å². The van der Waals surface area contributed by atoms with Crippen LogP contribution in [0.4, 0.5) is 4.79 Å². The Morgan fingerprint density at radius 2 is 1.69 bits per heavy atom. The lowest BCUT2D eigenvalue weighted by molar-refractivity contribution is -0.139. The van der Waals surface area contributed by atoms with E-state index in [2.05, 4.69) is 37.1 Å². The lowest BCUT2D eigenvalue weighted by Crippen LogP contribution is -2.45. The highest BCUT2D eigenvalue weighted by Crippen LogP contribution is 2.35. The molecule has 0 unspecified atom stereocenters. The number of carbonyl (C=O) groups excluding carboxylic acids is 3. The van der Waals surface area contributed by atoms with Gasteiger partial charge >= 0.3 is 18.0 Å². The standard InChI is InChI=1S/C33H33BrN4O10/c1-5-46-32(42)29-18(2)36-33(43)37-30(29)21-10-11-24(25(12-21)44-3)48-17-28(39)38-35-15-22-13-26(45-4)27(14-23(22)34)47-16-19-6-8-20(9-7-19)31(40)41/h6-15,30H,5,16-17H2,1-4H3,(H,38,39)(H,40,41)(H2,36,37,43)/b35-15-/t30-/m1/s1. The average Bonchev–Trinajstić information content (AvgIpc) is 3.06. The maximum atomic E-state index is 12.6. The molecule has 0 fully saturated rings. The zero-order valence-electron chi connectivity index (χ0n) is 26.4. The summed E-state index contributed by atoms with van der Waals surface area (Å²) in [5.74, 6) is -0.758. The summed E-state index contributed by atoms with van der Waals surface area (Å²) in [4.78, 5) is 48.4. The van der Waals surface area contributed by atoms with Crippen molar-refractivity contribution in [3.63, 3.8) is 0 Å². The Morgan fingerprint density at radius 3 is 2.35 bits per heavy atom. The van der Waals surface area contributed by atoms with Crippen molar-refractivity contribution in [2.24, 2.45) is 5.10 Å². The number of urea groups is 1. The minimum atomic E-state index is -1.01. The number of hydrogen-bond acceptors (Lipinski definition) is 10. The molecule has 4 rings (SSSR count). The largest absolute Gasteiger partial charge is 0.493 e. The van der Waals surface area contributed by atoms with Gasteiger partial charge in [0.05, 0.1) is 44.2 Å². The zero-order valence-corrected chi connectivity index (χ0v) is 28.0. The number of carboxylic acid groups (broad SMARTS) is 1. The molecule has 0 radical (unpaired) electrons. The number of nitrogens with one attached hydrogen (secondary N) is 3. The van der Waals surface area contributed by atoms with Gasteiger partial charge in [-0.05, 0) is 77.3 Å². The van der Waals surface area contributed by atoms with Crippen molar-refractivity contribution in [2.75, 3.05) is 27.4 Å². The highest BCUT2D eigenvalue weighted by Gasteiger charge is 2.32. The molecule has 1 heterocycles. The number of methoxy groups -OCH3 is 2. The third-order valence-electron chi connectivity index (χ3n) is 6.92. The molecule has 0 spiro atoms. The zero-order chi connectivity index (χ0) is 34.8. The van der Waals surface area contributed by atoms with Crippen molar-refractivity contribution in [2.45, 2.75) is 26.5 Å². The van der Waals surface area contributed by atoms with E-state index in [0.29, 0.717) is 32.8 Å². The van der Waals surface area contributed by atoms with Crippen LogP contribution in [0.15, 0.2) is 75.4 Å². The van der Waals surface area contributed by atoms with E-state index >= 15 is 0 Å². The van der Waals surface area contributed by atoms with Crippen LogP contribution in [-0.2, 0) is 20.9 Å². The number of hydrogen-bond donors (Lipinski definition) is 4. The van der Waals surface area contributed by atoms with Crippen LogP contribution in [0.2, 0.25) is 0 Å². The molecule has 3 aromatic rings. The number of carboxylic acids is 1. The highest BCUT2D eigenvalue weighted by atomic mass is 79.9. The van der Waals surface area contributed by atoms with Crippen LogP contribution >= 0.6 is 15.9 Å². The monoisotopic (exact) mass is 724 g/mol. The van der Waals surface area contributed by atoms with Gasteiger partial charge in [0.1, 0.15) is 6.61 Å². The van der Waals surface area contributed by atoms with Gasteiger partial charge < -0.3 is 39.4 Å². The minimum Gasteiger partial charge on any atom is -0.493 e. The first-order chi connectivity index (χ1) is 23.0. The van der Waals surface area contributed by atoms with E-state index in [4.69, 9.17) is 28.8 Å². The molecule has 15 heteroatoms. The second kappa shape index (κ2) is 16.3. The first-order valence-electron chi connectivity index (χ1n) is 14.4. The van der Waals surface area contributed by atoms with Crippen LogP contribution < -0.4 is 35.0 Å². The van der Waals surface area contributed by atoms with Crippen molar-refractivity contribution in [3.8, 4) is 23.0 Å². The van der Waals surface area contributed by atoms with Crippen LogP contribution in [0.1, 0.15) is 46.9 Å². The summed E-state index contributed by atoms with van der Waals surface area (Å²) in [6.45, 7) is 3.26. The van der Waals surface area contributed by atoms with Crippen LogP contribution in [0.3, 0.4) is 0 Å². The van der Waals surface area contributed by atoms with Gasteiger partial charge in [0, 0.05) is 15.7 Å². The summed E-state index contributed by atoms with van der Waals surface area (Å²) in [6, 6.07) is 13.2. The molecule has 252 valence electrons. The molecule has 4 N–H and O–H groups in total. The molecule has 0 saturated carbocycles. The van der Waals surface area contributed by atoms with E-state index in [1.54, 1.807) is 56.3 Å². The Balaban J connectivity index is 1.37. The van der Waals surface area contributed by atoms with Crippen LogP contribution in [-0.4, -0.2) is 62.6 Å². The molecular formula is C33H33BrN4O10. The Hall–Kier alpha value is -5.57. The van der Waals surface area contributed by atoms with Crippen molar-refractivity contribution >= 4 is 46.0 Å². The fourth-order valence-electron chi connectivity index (χ4n) is 4.58. The predicted octanol–water partition coefficient (Wildman–Crippen LogP) is 4.46. The SMILES string of the molecule is CCOC(=O)C1=C(C)NC(=O)N[C@@H]1c1ccc(OCC(=O)N/N=C\c2cc(OC)c(OCc3ccc(C(=O)O)cc3)cc2Br)c(OC)c1. The number of esters is 1. The van der Waals surface area contributed by atoms with Crippen LogP contribution in [0.5, 0.6) is 23.0 Å². The minimum absolute atomic E-state index is 0.168. The normalized spacial score (nSPS) is 14.1. The predicted molar refractivity (Wildman–Crippen MR) is 176 cm³/mol. The summed E-state index contributed by atoms with van der Waals surface area (Å²) < 4.78 is 28.2. The molecular weight excluding hydrogens is 692 g/mol. The molecule has 14 nitrogen and oxygen atoms in total. The van der Waals surface area contributed by atoms with Crippen LogP contribution in [0.25, 0.3) is 0 Å². The van der Waals surface area contributed by atoms with E-state index in [9.17, 15) is 19.2 Å². The van der Waals surface area contributed by atoms with Crippen molar-refractivity contribution in [1.82, 2.24) is 16.1 Å². The average molecular weight is 726 g/mol. The first-order valence-corrected chi connectivity index (χ1v) is 15.2. The fraction of sp³-hybridized carbons (Fsp3) is 0.242. The summed E-state index contributed by atoms with van der Waals surface area (Å²) >= 11 is 3.47. The summed E-state index contributed by atoms with van der Waals surface area (Å²) in [6.07, 6.45) is 1.41. The maximum absolute atomic E-state index is 12.6. The molecule has 0 aromatic heterocycles. The number of halogens is 1. The molecule has 1 aliphatic heterocycles. The van der Waals surface area contributed by atoms with Gasteiger partial charge in [0.15, 0.2) is 29.6 Å². The Bertz CT molecular complexity index is 1760. The third kappa shape index (κ3) is 8.82. The van der Waals surface area contributed by atoms with Crippen molar-refractivity contribution in [1.29, 1.82) is 0 Å². The van der Waals surface area contributed by atoms with E-state index in [-0.39, 0.29) is 35.8 Å². The first kappa shape index (κ1) is 35.3. The molecule has 0 saturated heterocycles. The maximum Gasteiger partial charge on any atom is 0.338 e. The Kier molecular flexibility index (Phi) is 12.0. The molecule has 3 amide bonds. The number of aromatic carboxylic acids is 1. The van der Waals surface area contributed by atoms with Crippen LogP contribution in [0, 0.1) is 0 Å². The number of benzene rings is 3. The van der Waals surface area contributed by atoms with E-state index < -0.39 is 36.5 Å². The number of allylic oxidation sites excluding steroid dienone is 1. The topological polar surface area (TPSA) is 183 Å². The third-order valence-corrected chi connectivity index (χ3v) is 7.60. The molecule has 3 aromatic carbocycles. The van der Waals surface area contributed by atoms with Gasteiger partial charge in [-0.2, -0.15) is 5.10 Å². The fourth-order valence-corrected chi connectivity index (χ4v) is 5.01. The summed E-state index contributed by atoms with van der Waals surface area (Å²) in [5, 5.41) is 18.4. The number of rotatable bonds is 14. The lowest BCUT2D eigenvalue weighted by atomic mass is 9.95. The molecule has 0 aliphatic carbocycles. The van der Waals surface area contributed by atoms with Gasteiger partial charge in [0.2, 0.25) is 0 Å². The van der Waals surface area contributed by atoms with Gasteiger partial charge in [-0.1, -0.05) is 18.2 Å². The number of amides is 3. The van der Waals surface area contributed by atoms with E-state index in [1.165, 1.54) is 32.6 Å². The second-order valence-corrected chi connectivity index (χ2v) is 11.0. The number of nitrogens with zero attached hydrogens (tertiary/aromatic N) is 1. The van der Waals surface area contributed by atoms with Crippen molar-refractivity contribution < 1.29 is 48.0 Å². The molecule has 0 bridgehead atoms. The second-order valence-electron chi connectivity index (χ2n) is 10.1. The highest BCUT2D eigenvalue weighted by molar-refractivity contribution is 9.10. The van der Waals surface area contributed by atoms with Gasteiger partial charge in [-0.25, -0.2) is 19.8 Å². The quantitative estimate of drug-likeness (QED) is 0.105. The summed E-state index contributed by atoms with van der Waals surface area (Å²) in [5.41, 5.74) is 5.09. The molecule has 1 aliphatic rings. The number of hydrazone groups is 1. The lowest BCUT2D eigenvalue weighted by Gasteiger charge is -2.28. The summed E-state index contributed by atoms with van der Waals surface area (Å²) in [7, 11) is 2.91. The Labute approximate surface area is 284 Å². The van der Waals surface area contributed by atoms with E-state index in [0.717, 1.165) is 5.56 Å². The number of ether oxygens (including phenoxy) is 5. The van der Waals surface area contributed by atoms with Gasteiger partial charge in [0.25, 0.3) is 5.91 Å². The molecule has 48 heavy (non-hydrogen) atoms. The van der Waals surface area contributed by atoms with E-state index in [1.807, 2.05) is 0 Å². The smallest absolute Gasteiger partial charge is 0.338 e. The Morgan fingerprint density at radius 1 is 0.979 bits per heavy atom. The van der Waals surface area contributed by atoms with Gasteiger partial charge in [-0.15, -0.1) is 0 Å².